The second-order valence-electron chi connectivity index (χ2n) is 7.96. The molecule has 2 heterocycles. The molecule has 30 heavy (non-hydrogen) atoms. The molecule has 170 valence electrons. The molecule has 3 rings (SSSR count). The molecule has 0 radical (unpaired) electrons. The molecule has 2 saturated heterocycles. The number of nitrogens with one attached hydrogen (secondary N) is 2. The summed E-state index contributed by atoms with van der Waals surface area (Å²) in [6.07, 6.45) is -0.994. The van der Waals surface area contributed by atoms with E-state index in [1.54, 1.807) is 0 Å². The minimum atomic E-state index is -4.15. The van der Waals surface area contributed by atoms with Gasteiger partial charge in [-0.15, -0.1) is 24.0 Å². The molecule has 0 spiro atoms. The fourth-order valence-corrected chi connectivity index (χ4v) is 4.09. The summed E-state index contributed by atoms with van der Waals surface area (Å²) < 4.78 is 37.9. The molecule has 0 aromatic heterocycles. The predicted octanol–water partition coefficient (Wildman–Crippen LogP) is 4.16. The van der Waals surface area contributed by atoms with Crippen LogP contribution in [0.1, 0.15) is 44.7 Å². The first-order valence-corrected chi connectivity index (χ1v) is 10.6. The lowest BCUT2D eigenvalue weighted by Gasteiger charge is -2.24. The van der Waals surface area contributed by atoms with Gasteiger partial charge in [0.15, 0.2) is 5.96 Å². The number of guanidine groups is 1. The first-order valence-electron chi connectivity index (χ1n) is 10.6. The second kappa shape index (κ2) is 11.4. The van der Waals surface area contributed by atoms with E-state index < -0.39 is 12.7 Å². The average molecular weight is 539 g/mol. The van der Waals surface area contributed by atoms with Gasteiger partial charge >= 0.3 is 6.18 Å². The second-order valence-corrected chi connectivity index (χ2v) is 7.96. The van der Waals surface area contributed by atoms with Crippen molar-refractivity contribution in [3.8, 4) is 0 Å². The Morgan fingerprint density at radius 1 is 1.23 bits per heavy atom. The zero-order chi connectivity index (χ0) is 20.9. The average Bonchev–Trinajstić information content (AvgIpc) is 3.33. The third-order valence-electron chi connectivity index (χ3n) is 5.53. The minimum absolute atomic E-state index is 0. The van der Waals surface area contributed by atoms with Crippen LogP contribution in [-0.2, 0) is 0 Å². The Labute approximate surface area is 194 Å². The van der Waals surface area contributed by atoms with Crippen molar-refractivity contribution in [2.75, 3.05) is 44.2 Å². The third kappa shape index (κ3) is 7.47. The fourth-order valence-electron chi connectivity index (χ4n) is 4.09. The molecule has 0 bridgehead atoms. The molecule has 2 fully saturated rings. The monoisotopic (exact) mass is 539 g/mol. The SMILES string of the molecule is CCN=C(NC1CCN(CC(F)(F)F)C1)NC(C)c1cccc(N2CCCC2)c1.I. The van der Waals surface area contributed by atoms with Crippen LogP contribution >= 0.6 is 24.0 Å². The highest BCUT2D eigenvalue weighted by molar-refractivity contribution is 14.0. The smallest absolute Gasteiger partial charge is 0.372 e. The predicted molar refractivity (Wildman–Crippen MR) is 127 cm³/mol. The topological polar surface area (TPSA) is 42.9 Å². The van der Waals surface area contributed by atoms with E-state index in [-0.39, 0.29) is 36.1 Å². The lowest BCUT2D eigenvalue weighted by molar-refractivity contribution is -0.143. The van der Waals surface area contributed by atoms with Crippen molar-refractivity contribution in [2.45, 2.75) is 51.4 Å². The molecule has 2 unspecified atom stereocenters. The van der Waals surface area contributed by atoms with E-state index >= 15 is 0 Å². The highest BCUT2D eigenvalue weighted by Crippen LogP contribution is 2.24. The van der Waals surface area contributed by atoms with Crippen LogP contribution in [0.15, 0.2) is 29.3 Å². The molecule has 0 aliphatic carbocycles. The number of alkyl halides is 3. The molecule has 2 aliphatic rings. The summed E-state index contributed by atoms with van der Waals surface area (Å²) in [7, 11) is 0. The van der Waals surface area contributed by atoms with Gasteiger partial charge in [0.05, 0.1) is 12.6 Å². The number of aliphatic imine (C=N–C) groups is 1. The van der Waals surface area contributed by atoms with Crippen LogP contribution in [-0.4, -0.2) is 62.3 Å². The number of benzene rings is 1. The zero-order valence-corrected chi connectivity index (χ0v) is 20.0. The van der Waals surface area contributed by atoms with E-state index in [9.17, 15) is 13.2 Å². The molecular formula is C21H33F3IN5. The molecule has 1 aromatic carbocycles. The number of hydrogen-bond acceptors (Lipinski definition) is 3. The van der Waals surface area contributed by atoms with Gasteiger partial charge in [0.2, 0.25) is 0 Å². The molecule has 0 saturated carbocycles. The van der Waals surface area contributed by atoms with Crippen molar-refractivity contribution in [3.05, 3.63) is 29.8 Å². The van der Waals surface area contributed by atoms with Crippen molar-refractivity contribution in [1.29, 1.82) is 0 Å². The van der Waals surface area contributed by atoms with Crippen LogP contribution in [0.25, 0.3) is 0 Å². The Morgan fingerprint density at radius 3 is 2.63 bits per heavy atom. The number of anilines is 1. The highest BCUT2D eigenvalue weighted by Gasteiger charge is 2.34. The number of hydrogen-bond donors (Lipinski definition) is 2. The van der Waals surface area contributed by atoms with Gasteiger partial charge in [0.1, 0.15) is 0 Å². The van der Waals surface area contributed by atoms with Crippen LogP contribution in [0.4, 0.5) is 18.9 Å². The zero-order valence-electron chi connectivity index (χ0n) is 17.7. The van der Waals surface area contributed by atoms with Crippen molar-refractivity contribution in [1.82, 2.24) is 15.5 Å². The van der Waals surface area contributed by atoms with Gasteiger partial charge in [-0.25, -0.2) is 0 Å². The Bertz CT molecular complexity index is 691. The van der Waals surface area contributed by atoms with E-state index in [4.69, 9.17) is 0 Å². The minimum Gasteiger partial charge on any atom is -0.372 e. The normalized spacial score (nSPS) is 21.4. The van der Waals surface area contributed by atoms with E-state index in [0.717, 1.165) is 13.1 Å². The first-order chi connectivity index (χ1) is 13.8. The van der Waals surface area contributed by atoms with Gasteiger partial charge < -0.3 is 15.5 Å². The van der Waals surface area contributed by atoms with E-state index in [1.165, 1.54) is 29.0 Å². The third-order valence-corrected chi connectivity index (χ3v) is 5.53. The van der Waals surface area contributed by atoms with Crippen LogP contribution in [0, 0.1) is 0 Å². The lowest BCUT2D eigenvalue weighted by atomic mass is 10.1. The quantitative estimate of drug-likeness (QED) is 0.324. The standard InChI is InChI=1S/C21H32F3N5.HI/c1-3-25-20(27-18-9-12-28(14-18)15-21(22,23)24)26-16(2)17-7-6-8-19(13-17)29-10-4-5-11-29;/h6-8,13,16,18H,3-5,9-12,14-15H2,1-2H3,(H2,25,26,27);1H. The molecule has 0 amide bonds. The summed E-state index contributed by atoms with van der Waals surface area (Å²) in [4.78, 5) is 8.35. The maximum absolute atomic E-state index is 12.6. The van der Waals surface area contributed by atoms with Crippen LogP contribution in [0.3, 0.4) is 0 Å². The van der Waals surface area contributed by atoms with Crippen LogP contribution in [0.2, 0.25) is 0 Å². The summed E-state index contributed by atoms with van der Waals surface area (Å²) in [5.41, 5.74) is 2.42. The molecule has 9 heteroatoms. The van der Waals surface area contributed by atoms with Crippen LogP contribution in [0.5, 0.6) is 0 Å². The number of nitrogens with zero attached hydrogens (tertiary/aromatic N) is 3. The Morgan fingerprint density at radius 2 is 1.97 bits per heavy atom. The maximum atomic E-state index is 12.6. The van der Waals surface area contributed by atoms with E-state index in [2.05, 4.69) is 51.7 Å². The molecule has 1 aromatic rings. The largest absolute Gasteiger partial charge is 0.401 e. The maximum Gasteiger partial charge on any atom is 0.401 e. The summed E-state index contributed by atoms with van der Waals surface area (Å²) in [5, 5.41) is 6.74. The van der Waals surface area contributed by atoms with E-state index in [0.29, 0.717) is 32.0 Å². The summed E-state index contributed by atoms with van der Waals surface area (Å²) in [6, 6.07) is 8.56. The molecule has 5 nitrogen and oxygen atoms in total. The number of rotatable bonds is 6. The lowest BCUT2D eigenvalue weighted by Crippen LogP contribution is -2.46. The first kappa shape index (κ1) is 25.0. The number of likely N-dealkylation sites (tertiary alicyclic amines) is 1. The molecule has 2 N–H and O–H groups in total. The van der Waals surface area contributed by atoms with E-state index in [1.807, 2.05) is 6.92 Å². The summed E-state index contributed by atoms with van der Waals surface area (Å²) in [5.74, 6) is 0.658. The van der Waals surface area contributed by atoms with Crippen molar-refractivity contribution in [3.63, 3.8) is 0 Å². The van der Waals surface area contributed by atoms with Gasteiger partial charge in [-0.05, 0) is 50.8 Å². The van der Waals surface area contributed by atoms with Gasteiger partial charge in [-0.2, -0.15) is 13.2 Å². The van der Waals surface area contributed by atoms with Crippen LogP contribution < -0.4 is 15.5 Å². The molecule has 2 atom stereocenters. The summed E-state index contributed by atoms with van der Waals surface area (Å²) >= 11 is 0. The van der Waals surface area contributed by atoms with Crippen molar-refractivity contribution >= 4 is 35.6 Å². The Kier molecular flexibility index (Phi) is 9.52. The number of halogens is 4. The highest BCUT2D eigenvalue weighted by atomic mass is 127. The van der Waals surface area contributed by atoms with Crippen molar-refractivity contribution < 1.29 is 13.2 Å². The Balaban J connectivity index is 0.00000320. The van der Waals surface area contributed by atoms with Gasteiger partial charge in [0.25, 0.3) is 0 Å². The Hall–Kier alpha value is -1.23. The summed E-state index contributed by atoms with van der Waals surface area (Å²) in [6.45, 7) is 6.82. The molecule has 2 aliphatic heterocycles. The fraction of sp³-hybridized carbons (Fsp3) is 0.667. The van der Waals surface area contributed by atoms with Gasteiger partial charge in [-0.3, -0.25) is 9.89 Å². The molecular weight excluding hydrogens is 506 g/mol. The van der Waals surface area contributed by atoms with Gasteiger partial charge in [-0.1, -0.05) is 12.1 Å². The van der Waals surface area contributed by atoms with Crippen molar-refractivity contribution in [2.24, 2.45) is 4.99 Å². The van der Waals surface area contributed by atoms with Gasteiger partial charge in [0, 0.05) is 44.5 Å².